The number of hydrogen-bond donors (Lipinski definition) is 1. The molecular weight excluding hydrogens is 333 g/mol. The van der Waals surface area contributed by atoms with Crippen molar-refractivity contribution in [3.05, 3.63) is 75.4 Å². The van der Waals surface area contributed by atoms with Crippen LogP contribution in [0.25, 0.3) is 11.0 Å². The molecular formula is C21H21FNO3+. The second-order valence-corrected chi connectivity index (χ2v) is 6.78. The van der Waals surface area contributed by atoms with E-state index in [4.69, 9.17) is 9.15 Å². The number of rotatable bonds is 4. The molecule has 26 heavy (non-hydrogen) atoms. The molecule has 0 aliphatic carbocycles. The highest BCUT2D eigenvalue weighted by Crippen LogP contribution is 2.30. The van der Waals surface area contributed by atoms with E-state index in [1.54, 1.807) is 18.2 Å². The van der Waals surface area contributed by atoms with Crippen LogP contribution in [0.2, 0.25) is 0 Å². The summed E-state index contributed by atoms with van der Waals surface area (Å²) in [6, 6.07) is 12.1. The minimum atomic E-state index is -0.319. The number of quaternary nitrogens is 1. The lowest BCUT2D eigenvalue weighted by molar-refractivity contribution is -0.945. The second-order valence-electron chi connectivity index (χ2n) is 6.78. The lowest BCUT2D eigenvalue weighted by Crippen LogP contribution is -3.10. The van der Waals surface area contributed by atoms with Gasteiger partial charge in [-0.05, 0) is 36.2 Å². The molecule has 2 heterocycles. The Bertz CT molecular complexity index is 995. The molecule has 0 saturated carbocycles. The molecule has 1 aromatic heterocycles. The second kappa shape index (κ2) is 6.92. The van der Waals surface area contributed by atoms with E-state index >= 15 is 0 Å². The highest BCUT2D eigenvalue weighted by atomic mass is 19.1. The third-order valence-corrected chi connectivity index (χ3v) is 4.80. The van der Waals surface area contributed by atoms with Crippen LogP contribution < -0.4 is 15.3 Å². The van der Waals surface area contributed by atoms with Gasteiger partial charge in [-0.2, -0.15) is 0 Å². The maximum atomic E-state index is 13.1. The first kappa shape index (κ1) is 16.8. The molecule has 1 aliphatic rings. The van der Waals surface area contributed by atoms with Crippen LogP contribution in [0.3, 0.4) is 0 Å². The molecule has 1 N–H and O–H groups in total. The summed E-state index contributed by atoms with van der Waals surface area (Å²) < 4.78 is 24.6. The third-order valence-electron chi connectivity index (χ3n) is 4.80. The van der Waals surface area contributed by atoms with Gasteiger partial charge in [-0.15, -0.1) is 0 Å². The highest BCUT2D eigenvalue weighted by Gasteiger charge is 2.25. The van der Waals surface area contributed by atoms with Crippen LogP contribution in [0, 0.1) is 5.82 Å². The van der Waals surface area contributed by atoms with Gasteiger partial charge in [0.25, 0.3) is 0 Å². The first-order valence-electron chi connectivity index (χ1n) is 8.93. The van der Waals surface area contributed by atoms with Crippen molar-refractivity contribution in [2.45, 2.75) is 32.9 Å². The fourth-order valence-corrected chi connectivity index (χ4v) is 3.59. The zero-order valence-corrected chi connectivity index (χ0v) is 14.7. The number of benzene rings is 2. The molecule has 3 aromatic rings. The van der Waals surface area contributed by atoms with E-state index in [1.165, 1.54) is 17.0 Å². The number of nitrogens with one attached hydrogen (secondary N) is 1. The van der Waals surface area contributed by atoms with Crippen molar-refractivity contribution in [1.82, 2.24) is 0 Å². The van der Waals surface area contributed by atoms with Gasteiger partial charge >= 0.3 is 5.63 Å². The summed E-state index contributed by atoms with van der Waals surface area (Å²) >= 11 is 0. The van der Waals surface area contributed by atoms with Crippen molar-refractivity contribution in [2.24, 2.45) is 0 Å². The minimum absolute atomic E-state index is 0.236. The van der Waals surface area contributed by atoms with Gasteiger partial charge in [0.15, 0.2) is 5.58 Å². The standard InChI is InChI=1S/C21H20FNO3/c1-2-3-15-10-20(24)26-21-17(15)8-9-19-18(21)12-23(13-25-19)11-14-4-6-16(22)7-5-14/h4-10H,2-3,11-13H2,1H3/p+1. The Labute approximate surface area is 150 Å². The fraction of sp³-hybridized carbons (Fsp3) is 0.286. The normalized spacial score (nSPS) is 16.3. The quantitative estimate of drug-likeness (QED) is 0.733. The first-order valence-corrected chi connectivity index (χ1v) is 8.93. The molecule has 5 heteroatoms. The van der Waals surface area contributed by atoms with E-state index in [0.29, 0.717) is 18.9 Å². The summed E-state index contributed by atoms with van der Waals surface area (Å²) in [7, 11) is 0. The summed E-state index contributed by atoms with van der Waals surface area (Å²) in [6.45, 7) is 4.03. The van der Waals surface area contributed by atoms with E-state index in [0.717, 1.165) is 47.2 Å². The topological polar surface area (TPSA) is 43.9 Å². The van der Waals surface area contributed by atoms with Crippen LogP contribution in [0.15, 0.2) is 51.7 Å². The van der Waals surface area contributed by atoms with Gasteiger partial charge in [0.2, 0.25) is 6.73 Å². The number of aryl methyl sites for hydroxylation is 1. The largest absolute Gasteiger partial charge is 0.445 e. The third kappa shape index (κ3) is 3.22. The molecule has 134 valence electrons. The van der Waals surface area contributed by atoms with Gasteiger partial charge in [0.1, 0.15) is 24.7 Å². The molecule has 4 nitrogen and oxygen atoms in total. The van der Waals surface area contributed by atoms with Gasteiger partial charge in [-0.1, -0.05) is 25.5 Å². The number of ether oxygens (including phenoxy) is 1. The Kier molecular flexibility index (Phi) is 4.47. The summed E-state index contributed by atoms with van der Waals surface area (Å²) in [5.41, 5.74) is 3.31. The van der Waals surface area contributed by atoms with Crippen LogP contribution in [-0.2, 0) is 19.5 Å². The van der Waals surface area contributed by atoms with Gasteiger partial charge in [0.05, 0.1) is 5.56 Å². The van der Waals surface area contributed by atoms with Crippen LogP contribution in [0.5, 0.6) is 5.75 Å². The molecule has 0 fully saturated rings. The number of halogens is 1. The van der Waals surface area contributed by atoms with E-state index in [1.807, 2.05) is 12.1 Å². The predicted molar refractivity (Wildman–Crippen MR) is 96.7 cm³/mol. The SMILES string of the molecule is CCCc1cc(=O)oc2c3c(ccc12)OC[NH+](Cc1ccc(F)cc1)C3. The Hall–Kier alpha value is -2.66. The lowest BCUT2D eigenvalue weighted by Gasteiger charge is -2.26. The predicted octanol–water partition coefficient (Wildman–Crippen LogP) is 2.82. The van der Waals surface area contributed by atoms with Crippen LogP contribution in [-0.4, -0.2) is 6.73 Å². The van der Waals surface area contributed by atoms with Crippen molar-refractivity contribution in [3.63, 3.8) is 0 Å². The molecule has 0 saturated heterocycles. The number of fused-ring (bicyclic) bond motifs is 3. The van der Waals surface area contributed by atoms with Crippen LogP contribution >= 0.6 is 0 Å². The zero-order valence-electron chi connectivity index (χ0n) is 14.7. The van der Waals surface area contributed by atoms with Crippen molar-refractivity contribution in [2.75, 3.05) is 6.73 Å². The Morgan fingerprint density at radius 2 is 1.96 bits per heavy atom. The van der Waals surface area contributed by atoms with E-state index in [-0.39, 0.29) is 11.4 Å². The summed E-state index contributed by atoms with van der Waals surface area (Å²) in [6.07, 6.45) is 1.81. The molecule has 0 bridgehead atoms. The molecule has 0 radical (unpaired) electrons. The highest BCUT2D eigenvalue weighted by molar-refractivity contribution is 5.85. The molecule has 4 rings (SSSR count). The van der Waals surface area contributed by atoms with Gasteiger partial charge in [-0.3, -0.25) is 4.90 Å². The molecule has 1 atom stereocenters. The molecule has 2 aromatic carbocycles. The smallest absolute Gasteiger partial charge is 0.336 e. The van der Waals surface area contributed by atoms with Crippen molar-refractivity contribution < 1.29 is 18.4 Å². The fourth-order valence-electron chi connectivity index (χ4n) is 3.59. The van der Waals surface area contributed by atoms with Crippen molar-refractivity contribution in [3.8, 4) is 5.75 Å². The maximum Gasteiger partial charge on any atom is 0.336 e. The van der Waals surface area contributed by atoms with Crippen LogP contribution in [0.4, 0.5) is 4.39 Å². The summed E-state index contributed by atoms with van der Waals surface area (Å²) in [5, 5.41) is 0.983. The van der Waals surface area contributed by atoms with Crippen molar-refractivity contribution >= 4 is 11.0 Å². The first-order chi connectivity index (χ1) is 12.6. The molecule has 1 unspecified atom stereocenters. The minimum Gasteiger partial charge on any atom is -0.445 e. The molecule has 0 amide bonds. The monoisotopic (exact) mass is 354 g/mol. The molecule has 0 spiro atoms. The van der Waals surface area contributed by atoms with Crippen LogP contribution in [0.1, 0.15) is 30.0 Å². The van der Waals surface area contributed by atoms with E-state index in [9.17, 15) is 9.18 Å². The average Bonchev–Trinajstić information content (AvgIpc) is 2.64. The summed E-state index contributed by atoms with van der Waals surface area (Å²) in [4.78, 5) is 13.2. The Morgan fingerprint density at radius 3 is 2.73 bits per heavy atom. The Balaban J connectivity index is 1.69. The van der Waals surface area contributed by atoms with Gasteiger partial charge in [0, 0.05) is 17.0 Å². The van der Waals surface area contributed by atoms with Crippen molar-refractivity contribution in [1.29, 1.82) is 0 Å². The number of hydrogen-bond acceptors (Lipinski definition) is 3. The molecule has 1 aliphatic heterocycles. The maximum absolute atomic E-state index is 13.1. The summed E-state index contributed by atoms with van der Waals surface area (Å²) in [5.74, 6) is 0.539. The Morgan fingerprint density at radius 1 is 1.15 bits per heavy atom. The van der Waals surface area contributed by atoms with Gasteiger partial charge in [-0.25, -0.2) is 9.18 Å². The van der Waals surface area contributed by atoms with E-state index < -0.39 is 0 Å². The lowest BCUT2D eigenvalue weighted by atomic mass is 10.0. The average molecular weight is 354 g/mol. The zero-order chi connectivity index (χ0) is 18.1. The van der Waals surface area contributed by atoms with E-state index in [2.05, 4.69) is 6.92 Å². The van der Waals surface area contributed by atoms with Gasteiger partial charge < -0.3 is 9.15 Å².